The summed E-state index contributed by atoms with van der Waals surface area (Å²) in [6.07, 6.45) is 0. The summed E-state index contributed by atoms with van der Waals surface area (Å²) in [5.74, 6) is 0.263. The molecule has 5 nitrogen and oxygen atoms in total. The molecule has 1 heterocycles. The first-order valence-electron chi connectivity index (χ1n) is 5.00. The minimum absolute atomic E-state index is 0.132. The summed E-state index contributed by atoms with van der Waals surface area (Å²) < 4.78 is 0. The van der Waals surface area contributed by atoms with Gasteiger partial charge >= 0.3 is 0 Å². The maximum absolute atomic E-state index is 10.9. The number of carbonyl (C=O) groups excluding carboxylic acids is 1. The average molecular weight is 243 g/mol. The van der Waals surface area contributed by atoms with Gasteiger partial charge in [0.05, 0.1) is 6.54 Å². The number of hydrogen-bond donors (Lipinski definition) is 1. The fraction of sp³-hybridized carbons (Fsp3) is 0.500. The molecule has 0 unspecified atom stereocenters. The first kappa shape index (κ1) is 12.7. The Labute approximate surface area is 99.6 Å². The van der Waals surface area contributed by atoms with E-state index in [0.29, 0.717) is 17.5 Å². The van der Waals surface area contributed by atoms with Gasteiger partial charge in [0.1, 0.15) is 0 Å². The number of primary amides is 1. The monoisotopic (exact) mass is 242 g/mol. The minimum atomic E-state index is -0.393. The van der Waals surface area contributed by atoms with Gasteiger partial charge in [-0.15, -0.1) is 10.2 Å². The van der Waals surface area contributed by atoms with Gasteiger partial charge in [0.2, 0.25) is 5.91 Å². The van der Waals surface area contributed by atoms with E-state index in [2.05, 4.69) is 10.2 Å². The second-order valence-electron chi connectivity index (χ2n) is 3.54. The van der Waals surface area contributed by atoms with Crippen molar-refractivity contribution in [2.24, 2.45) is 5.73 Å². The zero-order valence-electron chi connectivity index (χ0n) is 9.62. The van der Waals surface area contributed by atoms with Crippen molar-refractivity contribution < 1.29 is 4.79 Å². The van der Waals surface area contributed by atoms with Crippen LogP contribution < -0.4 is 10.6 Å². The molecule has 1 aromatic rings. The van der Waals surface area contributed by atoms with Crippen LogP contribution in [0.2, 0.25) is 5.15 Å². The van der Waals surface area contributed by atoms with Crippen LogP contribution in [0, 0.1) is 13.8 Å². The molecule has 0 aliphatic rings. The fourth-order valence-electron chi connectivity index (χ4n) is 1.39. The van der Waals surface area contributed by atoms with E-state index in [1.165, 1.54) is 0 Å². The van der Waals surface area contributed by atoms with Crippen molar-refractivity contribution in [3.63, 3.8) is 0 Å². The second kappa shape index (κ2) is 5.12. The molecule has 0 fully saturated rings. The van der Waals surface area contributed by atoms with Crippen LogP contribution in [0.25, 0.3) is 0 Å². The number of nitrogens with two attached hydrogens (primary N) is 1. The maximum Gasteiger partial charge on any atom is 0.236 e. The molecular formula is C10H15ClN4O. The average Bonchev–Trinajstić information content (AvgIpc) is 2.23. The van der Waals surface area contributed by atoms with Crippen LogP contribution in [0.15, 0.2) is 0 Å². The van der Waals surface area contributed by atoms with Crippen LogP contribution in [-0.4, -0.2) is 29.2 Å². The van der Waals surface area contributed by atoms with E-state index in [9.17, 15) is 4.79 Å². The number of aromatic nitrogens is 2. The van der Waals surface area contributed by atoms with E-state index >= 15 is 0 Å². The Balaban J connectivity index is 3.11. The van der Waals surface area contributed by atoms with Crippen LogP contribution in [0.4, 0.5) is 5.82 Å². The van der Waals surface area contributed by atoms with Crippen molar-refractivity contribution >= 4 is 23.3 Å². The van der Waals surface area contributed by atoms with Crippen molar-refractivity contribution in [2.75, 3.05) is 18.0 Å². The van der Waals surface area contributed by atoms with Gasteiger partial charge in [0.25, 0.3) is 0 Å². The van der Waals surface area contributed by atoms with E-state index in [1.807, 2.05) is 20.8 Å². The number of hydrogen-bond acceptors (Lipinski definition) is 4. The minimum Gasteiger partial charge on any atom is -0.368 e. The Bertz CT molecular complexity index is 408. The van der Waals surface area contributed by atoms with Gasteiger partial charge < -0.3 is 10.6 Å². The summed E-state index contributed by atoms with van der Waals surface area (Å²) in [5, 5.41) is 8.22. The van der Waals surface area contributed by atoms with Gasteiger partial charge in [0.15, 0.2) is 11.0 Å². The van der Waals surface area contributed by atoms with Crippen LogP contribution in [-0.2, 0) is 4.79 Å². The number of nitrogens with zero attached hydrogens (tertiary/aromatic N) is 3. The van der Waals surface area contributed by atoms with Crippen LogP contribution in [0.3, 0.4) is 0 Å². The molecule has 0 saturated carbocycles. The third kappa shape index (κ3) is 2.61. The quantitative estimate of drug-likeness (QED) is 0.857. The fourth-order valence-corrected chi connectivity index (χ4v) is 1.57. The number of rotatable bonds is 4. The Morgan fingerprint density at radius 2 is 2.00 bits per heavy atom. The Hall–Kier alpha value is -1.36. The topological polar surface area (TPSA) is 72.1 Å². The summed E-state index contributed by atoms with van der Waals surface area (Å²) in [5.41, 5.74) is 6.96. The van der Waals surface area contributed by atoms with E-state index in [4.69, 9.17) is 17.3 Å². The van der Waals surface area contributed by atoms with Gasteiger partial charge in [-0.25, -0.2) is 0 Å². The van der Waals surface area contributed by atoms with E-state index in [1.54, 1.807) is 4.90 Å². The summed E-state index contributed by atoms with van der Waals surface area (Å²) in [6.45, 7) is 6.46. The van der Waals surface area contributed by atoms with E-state index in [0.717, 1.165) is 11.1 Å². The number of amides is 1. The third-order valence-electron chi connectivity index (χ3n) is 2.47. The molecule has 0 spiro atoms. The first-order chi connectivity index (χ1) is 7.47. The van der Waals surface area contributed by atoms with Crippen LogP contribution in [0.5, 0.6) is 0 Å². The Morgan fingerprint density at radius 1 is 1.38 bits per heavy atom. The maximum atomic E-state index is 10.9. The largest absolute Gasteiger partial charge is 0.368 e. The Kier molecular flexibility index (Phi) is 4.06. The molecular weight excluding hydrogens is 228 g/mol. The molecule has 1 amide bonds. The molecule has 0 aliphatic carbocycles. The highest BCUT2D eigenvalue weighted by Gasteiger charge is 2.15. The van der Waals surface area contributed by atoms with Crippen molar-refractivity contribution in [1.29, 1.82) is 0 Å². The molecule has 0 radical (unpaired) electrons. The lowest BCUT2D eigenvalue weighted by Gasteiger charge is -2.22. The predicted octanol–water partition coefficient (Wildman–Crippen LogP) is 1.06. The third-order valence-corrected chi connectivity index (χ3v) is 2.83. The SMILES string of the molecule is CCN(CC(N)=O)c1nnc(Cl)c(C)c1C. The molecule has 88 valence electrons. The summed E-state index contributed by atoms with van der Waals surface area (Å²) in [4.78, 5) is 12.7. The van der Waals surface area contributed by atoms with E-state index in [-0.39, 0.29) is 6.54 Å². The van der Waals surface area contributed by atoms with Crippen LogP contribution in [0.1, 0.15) is 18.1 Å². The molecule has 16 heavy (non-hydrogen) atoms. The molecule has 0 saturated heterocycles. The van der Waals surface area contributed by atoms with Crippen molar-refractivity contribution in [3.8, 4) is 0 Å². The highest BCUT2D eigenvalue weighted by molar-refractivity contribution is 6.30. The summed E-state index contributed by atoms with van der Waals surface area (Å²) in [7, 11) is 0. The molecule has 6 heteroatoms. The predicted molar refractivity (Wildman–Crippen MR) is 63.6 cm³/mol. The first-order valence-corrected chi connectivity index (χ1v) is 5.37. The number of anilines is 1. The molecule has 1 rings (SSSR count). The lowest BCUT2D eigenvalue weighted by atomic mass is 10.2. The molecule has 0 aromatic carbocycles. The van der Waals surface area contributed by atoms with Crippen molar-refractivity contribution in [1.82, 2.24) is 10.2 Å². The normalized spacial score (nSPS) is 10.2. The summed E-state index contributed by atoms with van der Waals surface area (Å²) in [6, 6.07) is 0. The van der Waals surface area contributed by atoms with Gasteiger partial charge in [-0.2, -0.15) is 0 Å². The van der Waals surface area contributed by atoms with Crippen LogP contribution >= 0.6 is 11.6 Å². The summed E-state index contributed by atoms with van der Waals surface area (Å²) >= 11 is 5.86. The molecule has 0 aliphatic heterocycles. The standard InChI is InChI=1S/C10H15ClN4O/c1-4-15(5-8(12)16)10-7(3)6(2)9(11)13-14-10/h4-5H2,1-3H3,(H2,12,16). The van der Waals surface area contributed by atoms with Crippen molar-refractivity contribution in [2.45, 2.75) is 20.8 Å². The van der Waals surface area contributed by atoms with Gasteiger partial charge in [-0.05, 0) is 31.9 Å². The number of halogens is 1. The molecule has 0 bridgehead atoms. The lowest BCUT2D eigenvalue weighted by Crippen LogP contribution is -2.35. The highest BCUT2D eigenvalue weighted by atomic mass is 35.5. The van der Waals surface area contributed by atoms with Crippen molar-refractivity contribution in [3.05, 3.63) is 16.3 Å². The smallest absolute Gasteiger partial charge is 0.236 e. The Morgan fingerprint density at radius 3 is 2.50 bits per heavy atom. The molecule has 2 N–H and O–H groups in total. The molecule has 1 aromatic heterocycles. The number of likely N-dealkylation sites (N-methyl/N-ethyl adjacent to an activating group) is 1. The second-order valence-corrected chi connectivity index (χ2v) is 3.90. The van der Waals surface area contributed by atoms with E-state index < -0.39 is 5.91 Å². The zero-order valence-corrected chi connectivity index (χ0v) is 10.4. The zero-order chi connectivity index (χ0) is 12.3. The van der Waals surface area contributed by atoms with Gasteiger partial charge in [-0.1, -0.05) is 11.6 Å². The molecule has 0 atom stereocenters. The number of carbonyl (C=O) groups is 1. The lowest BCUT2D eigenvalue weighted by molar-refractivity contribution is -0.116. The van der Waals surface area contributed by atoms with Gasteiger partial charge in [-0.3, -0.25) is 4.79 Å². The van der Waals surface area contributed by atoms with Gasteiger partial charge in [0, 0.05) is 6.54 Å². The highest BCUT2D eigenvalue weighted by Crippen LogP contribution is 2.23.